The number of ether oxygens (including phenoxy) is 2. The average Bonchev–Trinajstić information content (AvgIpc) is 2.79. The number of hydrogen-bond donors (Lipinski definition) is 1. The quantitative estimate of drug-likeness (QED) is 0.331. The highest BCUT2D eigenvalue weighted by Gasteiger charge is 2.17. The third-order valence-corrected chi connectivity index (χ3v) is 5.60. The SMILES string of the molecule is CCO[C@@H](Cc1ccc(OC/C=C(/C)c2ccc(-c3cc(Cl)cc(Cl)c3)cc2)cc1)C(=O)O. The van der Waals surface area contributed by atoms with Gasteiger partial charge in [-0.25, -0.2) is 4.79 Å². The van der Waals surface area contributed by atoms with Gasteiger partial charge in [0.2, 0.25) is 0 Å². The normalized spacial score (nSPS) is 12.4. The van der Waals surface area contributed by atoms with Gasteiger partial charge in [-0.15, -0.1) is 0 Å². The van der Waals surface area contributed by atoms with Crippen LogP contribution in [0.15, 0.2) is 72.8 Å². The van der Waals surface area contributed by atoms with Gasteiger partial charge in [-0.05, 0) is 78.1 Å². The van der Waals surface area contributed by atoms with Crippen LogP contribution < -0.4 is 4.74 Å². The summed E-state index contributed by atoms with van der Waals surface area (Å²) in [7, 11) is 0. The number of carbonyl (C=O) groups is 1. The van der Waals surface area contributed by atoms with Crippen molar-refractivity contribution in [1.82, 2.24) is 0 Å². The van der Waals surface area contributed by atoms with Gasteiger partial charge in [-0.1, -0.05) is 59.6 Å². The lowest BCUT2D eigenvalue weighted by molar-refractivity contribution is -0.149. The molecule has 0 amide bonds. The number of allylic oxidation sites excluding steroid dienone is 1. The Labute approximate surface area is 204 Å². The first kappa shape index (κ1) is 24.8. The van der Waals surface area contributed by atoms with Crippen molar-refractivity contribution in [1.29, 1.82) is 0 Å². The van der Waals surface area contributed by atoms with Gasteiger partial charge >= 0.3 is 5.97 Å². The molecule has 1 atom stereocenters. The zero-order valence-corrected chi connectivity index (χ0v) is 20.1. The van der Waals surface area contributed by atoms with E-state index in [4.69, 9.17) is 32.7 Å². The van der Waals surface area contributed by atoms with E-state index < -0.39 is 12.1 Å². The number of halogens is 2. The summed E-state index contributed by atoms with van der Waals surface area (Å²) in [6.07, 6.45) is 1.50. The summed E-state index contributed by atoms with van der Waals surface area (Å²) in [5.41, 5.74) is 5.10. The van der Waals surface area contributed by atoms with Gasteiger partial charge in [-0.3, -0.25) is 0 Å². The smallest absolute Gasteiger partial charge is 0.333 e. The molecule has 0 heterocycles. The summed E-state index contributed by atoms with van der Waals surface area (Å²) < 4.78 is 11.1. The molecule has 0 spiro atoms. The van der Waals surface area contributed by atoms with E-state index >= 15 is 0 Å². The molecule has 0 aromatic heterocycles. The number of hydrogen-bond acceptors (Lipinski definition) is 3. The Bertz CT molecular complexity index is 1090. The molecule has 172 valence electrons. The van der Waals surface area contributed by atoms with E-state index in [1.807, 2.05) is 61.5 Å². The largest absolute Gasteiger partial charge is 0.490 e. The molecule has 0 saturated carbocycles. The zero-order chi connectivity index (χ0) is 23.8. The standard InChI is InChI=1S/C27H26Cl2O4/c1-3-32-26(27(30)31)14-19-4-10-25(11-5-19)33-13-12-18(2)20-6-8-21(9-7-20)22-15-23(28)17-24(29)16-22/h4-12,15-17,26H,3,13-14H2,1-2H3,(H,30,31)/b18-12-/t26-/m0/s1. The predicted octanol–water partition coefficient (Wildman–Crippen LogP) is 7.17. The summed E-state index contributed by atoms with van der Waals surface area (Å²) in [5, 5.41) is 10.4. The van der Waals surface area contributed by atoms with E-state index in [0.29, 0.717) is 29.7 Å². The van der Waals surface area contributed by atoms with Crippen LogP contribution in [0.25, 0.3) is 16.7 Å². The lowest BCUT2D eigenvalue weighted by atomic mass is 10.0. The van der Waals surface area contributed by atoms with E-state index in [1.165, 1.54) is 0 Å². The third kappa shape index (κ3) is 7.36. The van der Waals surface area contributed by atoms with Crippen molar-refractivity contribution in [2.75, 3.05) is 13.2 Å². The molecule has 0 aliphatic carbocycles. The minimum absolute atomic E-state index is 0.319. The first-order chi connectivity index (χ1) is 15.9. The Morgan fingerprint density at radius 3 is 2.18 bits per heavy atom. The van der Waals surface area contributed by atoms with Gasteiger partial charge in [0.25, 0.3) is 0 Å². The summed E-state index contributed by atoms with van der Waals surface area (Å²) in [6.45, 7) is 4.61. The maximum absolute atomic E-state index is 11.2. The van der Waals surface area contributed by atoms with Crippen LogP contribution in [0.5, 0.6) is 5.75 Å². The highest BCUT2D eigenvalue weighted by atomic mass is 35.5. The van der Waals surface area contributed by atoms with Gasteiger partial charge in [0.1, 0.15) is 12.4 Å². The van der Waals surface area contributed by atoms with Crippen molar-refractivity contribution < 1.29 is 19.4 Å². The minimum atomic E-state index is -0.956. The third-order valence-electron chi connectivity index (χ3n) is 5.16. The second kappa shape index (κ2) is 11.9. The number of carboxylic acid groups (broad SMARTS) is 1. The molecule has 0 unspecified atom stereocenters. The molecule has 0 aliphatic heterocycles. The molecule has 3 rings (SSSR count). The van der Waals surface area contributed by atoms with Crippen LogP contribution in [0, 0.1) is 0 Å². The number of aliphatic carboxylic acids is 1. The highest BCUT2D eigenvalue weighted by molar-refractivity contribution is 6.35. The molecular weight excluding hydrogens is 459 g/mol. The summed E-state index contributed by atoms with van der Waals surface area (Å²) in [5.74, 6) is -0.235. The molecule has 33 heavy (non-hydrogen) atoms. The molecule has 6 heteroatoms. The van der Waals surface area contributed by atoms with Crippen molar-refractivity contribution in [2.45, 2.75) is 26.4 Å². The Morgan fingerprint density at radius 1 is 0.970 bits per heavy atom. The molecule has 0 saturated heterocycles. The molecule has 0 fully saturated rings. The van der Waals surface area contributed by atoms with Crippen LogP contribution in [0.1, 0.15) is 25.0 Å². The van der Waals surface area contributed by atoms with Crippen LogP contribution in [-0.2, 0) is 16.0 Å². The number of rotatable bonds is 10. The van der Waals surface area contributed by atoms with Crippen LogP contribution in [0.2, 0.25) is 10.0 Å². The van der Waals surface area contributed by atoms with Crippen molar-refractivity contribution >= 4 is 34.7 Å². The van der Waals surface area contributed by atoms with E-state index in [9.17, 15) is 9.90 Å². The van der Waals surface area contributed by atoms with Crippen LogP contribution in [0.4, 0.5) is 0 Å². The summed E-state index contributed by atoms with van der Waals surface area (Å²) >= 11 is 12.2. The monoisotopic (exact) mass is 484 g/mol. The number of carboxylic acids is 1. The van der Waals surface area contributed by atoms with E-state index in [-0.39, 0.29) is 0 Å². The first-order valence-electron chi connectivity index (χ1n) is 10.7. The van der Waals surface area contributed by atoms with Gasteiger partial charge in [-0.2, -0.15) is 0 Å². The second-order valence-electron chi connectivity index (χ2n) is 7.56. The van der Waals surface area contributed by atoms with Gasteiger partial charge in [0.15, 0.2) is 6.10 Å². The fourth-order valence-corrected chi connectivity index (χ4v) is 3.91. The van der Waals surface area contributed by atoms with Crippen molar-refractivity contribution in [2.24, 2.45) is 0 Å². The summed E-state index contributed by atoms with van der Waals surface area (Å²) in [4.78, 5) is 11.2. The van der Waals surface area contributed by atoms with E-state index in [2.05, 4.69) is 12.1 Å². The van der Waals surface area contributed by atoms with Crippen molar-refractivity contribution in [3.05, 3.63) is 94.0 Å². The average molecular weight is 485 g/mol. The maximum Gasteiger partial charge on any atom is 0.333 e. The highest BCUT2D eigenvalue weighted by Crippen LogP contribution is 2.28. The summed E-state index contributed by atoms with van der Waals surface area (Å²) in [6, 6.07) is 21.1. The first-order valence-corrected chi connectivity index (χ1v) is 11.4. The second-order valence-corrected chi connectivity index (χ2v) is 8.44. The molecule has 1 N–H and O–H groups in total. The zero-order valence-electron chi connectivity index (χ0n) is 18.6. The fraction of sp³-hybridized carbons (Fsp3) is 0.222. The van der Waals surface area contributed by atoms with E-state index in [1.54, 1.807) is 13.0 Å². The lowest BCUT2D eigenvalue weighted by Crippen LogP contribution is -2.26. The lowest BCUT2D eigenvalue weighted by Gasteiger charge is -2.12. The van der Waals surface area contributed by atoms with Crippen molar-refractivity contribution in [3.8, 4) is 16.9 Å². The Morgan fingerprint density at radius 2 is 1.61 bits per heavy atom. The van der Waals surface area contributed by atoms with E-state index in [0.717, 1.165) is 33.6 Å². The minimum Gasteiger partial charge on any atom is -0.490 e. The van der Waals surface area contributed by atoms with Gasteiger partial charge in [0, 0.05) is 23.1 Å². The Kier molecular flexibility index (Phi) is 8.95. The maximum atomic E-state index is 11.2. The Hall–Kier alpha value is -2.79. The topological polar surface area (TPSA) is 55.8 Å². The molecule has 0 bridgehead atoms. The molecule has 3 aromatic rings. The van der Waals surface area contributed by atoms with Gasteiger partial charge < -0.3 is 14.6 Å². The number of benzene rings is 3. The van der Waals surface area contributed by atoms with Crippen LogP contribution in [0.3, 0.4) is 0 Å². The molecule has 0 aliphatic rings. The fourth-order valence-electron chi connectivity index (χ4n) is 3.38. The molecule has 0 radical (unpaired) electrons. The molecule has 4 nitrogen and oxygen atoms in total. The van der Waals surface area contributed by atoms with Gasteiger partial charge in [0.05, 0.1) is 0 Å². The van der Waals surface area contributed by atoms with Crippen LogP contribution >= 0.6 is 23.2 Å². The van der Waals surface area contributed by atoms with Crippen LogP contribution in [-0.4, -0.2) is 30.4 Å². The predicted molar refractivity (Wildman–Crippen MR) is 134 cm³/mol. The van der Waals surface area contributed by atoms with Crippen molar-refractivity contribution in [3.63, 3.8) is 0 Å². The molecular formula is C27H26Cl2O4. The molecule has 3 aromatic carbocycles. The Balaban J connectivity index is 1.57.